The summed E-state index contributed by atoms with van der Waals surface area (Å²) in [6.07, 6.45) is 17.5. The van der Waals surface area contributed by atoms with Gasteiger partial charge in [0, 0.05) is 123 Å². The molecule has 6 fully saturated rings. The Kier molecular flexibility index (Phi) is 27.9. The second kappa shape index (κ2) is 30.3. The van der Waals surface area contributed by atoms with Crippen LogP contribution in [-0.4, -0.2) is 107 Å². The standard InChI is InChI=1S/C14H25N.C13H23N.3C12H21N.C11H19N/c1-7-11(2)15-9-8-13(10-12(15)3)14(4,5)6;1-6-11(2)14-9-7-12(8-10-14)13(3,4)5;1-7-10(2)13-8-12(6,9-13)11(3,4)5;1-7-9(2)13-8-11(10(13)3)12(4,5)6;1-6-10(2)13-8-7-11(9-13)12(3,4)5;1-6-9(2)12-7-10(8-12)11(3,4)5/h7,12-13H,1-2,8-10H2,3-6H3;6,12H,1-2,7-10H2,3-5H3;7H,1-2,8-9H2,3-6H3;7,10-11H,1-2,8H2,3-6H3;6,11H,1-2,7-9H2,3-5H3;6,10H,1-2,7-8H2,3-5H3. The van der Waals surface area contributed by atoms with Gasteiger partial charge in [0.15, 0.2) is 0 Å². The molecule has 6 heterocycles. The predicted molar refractivity (Wildman–Crippen MR) is 360 cm³/mol. The zero-order chi connectivity index (χ0) is 62.3. The van der Waals surface area contributed by atoms with Crippen molar-refractivity contribution < 1.29 is 0 Å². The molecule has 0 aromatic carbocycles. The van der Waals surface area contributed by atoms with Crippen LogP contribution < -0.4 is 0 Å². The molecular weight excluding hydrogens is 973 g/mol. The van der Waals surface area contributed by atoms with Gasteiger partial charge in [0.2, 0.25) is 0 Å². The van der Waals surface area contributed by atoms with Crippen LogP contribution >= 0.6 is 0 Å². The van der Waals surface area contributed by atoms with E-state index >= 15 is 0 Å². The molecule has 6 aliphatic rings. The van der Waals surface area contributed by atoms with Gasteiger partial charge in [-0.3, -0.25) is 0 Å². The Bertz CT molecular complexity index is 2050. The minimum atomic E-state index is 0.380. The summed E-state index contributed by atoms with van der Waals surface area (Å²) in [5.74, 6) is 4.08. The van der Waals surface area contributed by atoms with Gasteiger partial charge in [0.25, 0.3) is 0 Å². The van der Waals surface area contributed by atoms with Crippen molar-refractivity contribution in [2.75, 3.05) is 65.4 Å². The van der Waals surface area contributed by atoms with Crippen LogP contribution in [0.25, 0.3) is 0 Å². The third-order valence-electron chi connectivity index (χ3n) is 19.6. The van der Waals surface area contributed by atoms with Crippen LogP contribution in [0, 0.1) is 67.5 Å². The summed E-state index contributed by atoms with van der Waals surface area (Å²) in [5.41, 5.74) is 9.41. The molecule has 5 unspecified atom stereocenters. The molecule has 0 saturated carbocycles. The molecule has 6 saturated heterocycles. The fraction of sp³-hybridized carbons (Fsp3) is 0.676. The minimum Gasteiger partial charge on any atom is -0.372 e. The number of piperidine rings is 2. The highest BCUT2D eigenvalue weighted by molar-refractivity contribution is 5.19. The van der Waals surface area contributed by atoms with Crippen LogP contribution in [0.15, 0.2) is 150 Å². The molecule has 6 nitrogen and oxygen atoms in total. The largest absolute Gasteiger partial charge is 0.372 e. The Labute approximate surface area is 499 Å². The summed E-state index contributed by atoms with van der Waals surface area (Å²) in [6.45, 7) is 106. The first kappa shape index (κ1) is 73.7. The minimum absolute atomic E-state index is 0.380. The van der Waals surface area contributed by atoms with Crippen molar-refractivity contribution in [1.82, 2.24) is 29.4 Å². The lowest BCUT2D eigenvalue weighted by Crippen LogP contribution is -2.59. The van der Waals surface area contributed by atoms with E-state index in [2.05, 4.69) is 254 Å². The molecule has 0 bridgehead atoms. The molecule has 6 aliphatic heterocycles. The molecule has 0 aliphatic carbocycles. The smallest absolute Gasteiger partial charge is 0.0311 e. The summed E-state index contributed by atoms with van der Waals surface area (Å²) >= 11 is 0. The summed E-state index contributed by atoms with van der Waals surface area (Å²) in [5, 5.41) is 0. The maximum absolute atomic E-state index is 4.04. The third kappa shape index (κ3) is 22.1. The molecule has 0 aromatic rings. The van der Waals surface area contributed by atoms with Crippen molar-refractivity contribution >= 4 is 0 Å². The van der Waals surface area contributed by atoms with Crippen molar-refractivity contribution in [1.29, 1.82) is 0 Å². The van der Waals surface area contributed by atoms with Gasteiger partial charge in [-0.15, -0.1) is 0 Å². The normalized spacial score (nSPS) is 23.1. The predicted octanol–water partition coefficient (Wildman–Crippen LogP) is 19.1. The third-order valence-corrected chi connectivity index (χ3v) is 19.6. The van der Waals surface area contributed by atoms with Gasteiger partial charge in [0.1, 0.15) is 0 Å². The molecule has 6 rings (SSSR count). The van der Waals surface area contributed by atoms with Gasteiger partial charge in [0.05, 0.1) is 0 Å². The monoisotopic (exact) mass is 1100 g/mol. The van der Waals surface area contributed by atoms with Crippen molar-refractivity contribution in [3.8, 4) is 0 Å². The van der Waals surface area contributed by atoms with E-state index in [9.17, 15) is 0 Å². The lowest BCUT2D eigenvalue weighted by atomic mass is 9.63. The second-order valence-corrected chi connectivity index (χ2v) is 31.2. The van der Waals surface area contributed by atoms with Crippen LogP contribution in [0.5, 0.6) is 0 Å². The maximum Gasteiger partial charge on any atom is 0.0311 e. The van der Waals surface area contributed by atoms with E-state index in [0.717, 1.165) is 129 Å². The summed E-state index contributed by atoms with van der Waals surface area (Å²) in [4.78, 5) is 14.0. The van der Waals surface area contributed by atoms with E-state index < -0.39 is 0 Å². The zero-order valence-electron chi connectivity index (χ0n) is 56.8. The number of nitrogens with zero attached hydrogens (tertiary/aromatic N) is 6. The quantitative estimate of drug-likeness (QED) is 0.180. The lowest BCUT2D eigenvalue weighted by molar-refractivity contribution is -0.0435. The van der Waals surface area contributed by atoms with Crippen molar-refractivity contribution in [2.24, 2.45) is 67.5 Å². The fourth-order valence-electron chi connectivity index (χ4n) is 11.6. The number of hydrogen-bond acceptors (Lipinski definition) is 6. The van der Waals surface area contributed by atoms with E-state index in [-0.39, 0.29) is 0 Å². The maximum atomic E-state index is 4.04. The van der Waals surface area contributed by atoms with Crippen LogP contribution in [0.1, 0.15) is 178 Å². The van der Waals surface area contributed by atoms with Crippen LogP contribution in [-0.2, 0) is 0 Å². The first-order chi connectivity index (χ1) is 36.4. The van der Waals surface area contributed by atoms with E-state index in [1.54, 1.807) is 0 Å². The first-order valence-corrected chi connectivity index (χ1v) is 30.8. The molecule has 456 valence electrons. The Balaban J connectivity index is 0.000000481. The molecule has 6 heteroatoms. The molecule has 0 N–H and O–H groups in total. The summed E-state index contributed by atoms with van der Waals surface area (Å²) in [6, 6.07) is 1.22. The Morgan fingerprint density at radius 2 is 0.713 bits per heavy atom. The zero-order valence-corrected chi connectivity index (χ0v) is 56.8. The Morgan fingerprint density at radius 1 is 0.375 bits per heavy atom. The molecular formula is C74H130N6. The van der Waals surface area contributed by atoms with Gasteiger partial charge in [-0.2, -0.15) is 0 Å². The van der Waals surface area contributed by atoms with Gasteiger partial charge < -0.3 is 29.4 Å². The van der Waals surface area contributed by atoms with Gasteiger partial charge in [-0.05, 0) is 139 Å². The van der Waals surface area contributed by atoms with Crippen molar-refractivity contribution in [3.63, 3.8) is 0 Å². The summed E-state index contributed by atoms with van der Waals surface area (Å²) < 4.78 is 0. The van der Waals surface area contributed by atoms with Crippen molar-refractivity contribution in [3.05, 3.63) is 150 Å². The van der Waals surface area contributed by atoms with E-state index in [4.69, 9.17) is 0 Å². The second-order valence-electron chi connectivity index (χ2n) is 31.2. The average molecular weight is 1100 g/mol. The van der Waals surface area contributed by atoms with Crippen molar-refractivity contribution in [2.45, 2.75) is 190 Å². The Morgan fingerprint density at radius 3 is 1.06 bits per heavy atom. The van der Waals surface area contributed by atoms with Crippen LogP contribution in [0.4, 0.5) is 0 Å². The number of likely N-dealkylation sites (tertiary alicyclic amines) is 6. The average Bonchev–Trinajstić information content (AvgIpc) is 3.84. The van der Waals surface area contributed by atoms with Gasteiger partial charge in [-0.25, -0.2) is 0 Å². The number of allylic oxidation sites excluding steroid dienone is 6. The Hall–Kier alpha value is -4.32. The summed E-state index contributed by atoms with van der Waals surface area (Å²) in [7, 11) is 0. The molecule has 0 amide bonds. The van der Waals surface area contributed by atoms with Gasteiger partial charge in [-0.1, -0.05) is 210 Å². The highest BCUT2D eigenvalue weighted by Crippen LogP contribution is 2.47. The first-order valence-electron chi connectivity index (χ1n) is 30.8. The molecule has 80 heavy (non-hydrogen) atoms. The lowest BCUT2D eigenvalue weighted by Gasteiger charge is -2.56. The van der Waals surface area contributed by atoms with Gasteiger partial charge >= 0.3 is 0 Å². The topological polar surface area (TPSA) is 19.4 Å². The fourth-order valence-corrected chi connectivity index (χ4v) is 11.6. The SMILES string of the molecule is C=CC(=C)N1CC(C(C)(C)C)C1.C=CC(=C)N1CC(C(C)(C)C)C1C.C=CC(=C)N1CC(C)(C(C)(C)C)C1.C=CC(=C)N1CCC(C(C)(C)C)C1.C=CC(=C)N1CCC(C(C)(C)C)CC1.C=CC(=C)N1CCC(C(C)(C)C)CC1C. The highest BCUT2D eigenvalue weighted by atomic mass is 15.2. The highest BCUT2D eigenvalue weighted by Gasteiger charge is 2.47. The number of rotatable bonds is 12. The van der Waals surface area contributed by atoms with Crippen LogP contribution in [0.2, 0.25) is 0 Å². The molecule has 5 atom stereocenters. The molecule has 0 aromatic heterocycles. The van der Waals surface area contributed by atoms with E-state index in [0.29, 0.717) is 50.0 Å². The number of hydrogen-bond donors (Lipinski definition) is 0. The molecule has 0 spiro atoms. The molecule has 0 radical (unpaired) electrons. The van der Waals surface area contributed by atoms with E-state index in [1.807, 2.05) is 36.5 Å². The van der Waals surface area contributed by atoms with E-state index in [1.165, 1.54) is 32.1 Å². The van der Waals surface area contributed by atoms with Crippen LogP contribution in [0.3, 0.4) is 0 Å².